The summed E-state index contributed by atoms with van der Waals surface area (Å²) in [7, 11) is 0. The van der Waals surface area contributed by atoms with E-state index >= 15 is 0 Å². The SMILES string of the molecule is CC(C)N(CC1CCCN1)c1nncc2ccccc12. The zero-order valence-corrected chi connectivity index (χ0v) is 12.2. The van der Waals surface area contributed by atoms with Crippen molar-refractivity contribution in [2.24, 2.45) is 0 Å². The van der Waals surface area contributed by atoms with Gasteiger partial charge in [0.1, 0.15) is 0 Å². The Labute approximate surface area is 120 Å². The lowest BCUT2D eigenvalue weighted by Gasteiger charge is -2.31. The Morgan fingerprint density at radius 2 is 2.20 bits per heavy atom. The van der Waals surface area contributed by atoms with Gasteiger partial charge in [-0.3, -0.25) is 0 Å². The molecule has 1 aromatic heterocycles. The molecule has 1 N–H and O–H groups in total. The molecule has 3 rings (SSSR count). The van der Waals surface area contributed by atoms with E-state index in [1.165, 1.54) is 18.2 Å². The van der Waals surface area contributed by atoms with Gasteiger partial charge in [0.25, 0.3) is 0 Å². The highest BCUT2D eigenvalue weighted by Gasteiger charge is 2.22. The number of anilines is 1. The Balaban J connectivity index is 1.96. The second-order valence-corrected chi connectivity index (χ2v) is 5.79. The zero-order chi connectivity index (χ0) is 13.9. The second kappa shape index (κ2) is 5.75. The summed E-state index contributed by atoms with van der Waals surface area (Å²) in [5.74, 6) is 1.01. The molecular formula is C16H22N4. The molecule has 4 nitrogen and oxygen atoms in total. The van der Waals surface area contributed by atoms with Gasteiger partial charge in [0.15, 0.2) is 5.82 Å². The molecule has 1 aliphatic heterocycles. The molecule has 1 saturated heterocycles. The maximum Gasteiger partial charge on any atom is 0.159 e. The van der Waals surface area contributed by atoms with Crippen molar-refractivity contribution in [3.63, 3.8) is 0 Å². The Morgan fingerprint density at radius 3 is 2.95 bits per heavy atom. The molecule has 2 heterocycles. The highest BCUT2D eigenvalue weighted by atomic mass is 15.3. The summed E-state index contributed by atoms with van der Waals surface area (Å²) < 4.78 is 0. The summed E-state index contributed by atoms with van der Waals surface area (Å²) in [4.78, 5) is 2.37. The lowest BCUT2D eigenvalue weighted by molar-refractivity contribution is 0.548. The van der Waals surface area contributed by atoms with Crippen molar-refractivity contribution < 1.29 is 0 Å². The van der Waals surface area contributed by atoms with Crippen molar-refractivity contribution in [2.75, 3.05) is 18.0 Å². The molecular weight excluding hydrogens is 248 g/mol. The first-order chi connectivity index (χ1) is 9.75. The summed E-state index contributed by atoms with van der Waals surface area (Å²) in [6.45, 7) is 6.58. The number of benzene rings is 1. The molecule has 1 atom stereocenters. The van der Waals surface area contributed by atoms with Crippen LogP contribution in [0.5, 0.6) is 0 Å². The molecule has 0 spiro atoms. The zero-order valence-electron chi connectivity index (χ0n) is 12.2. The lowest BCUT2D eigenvalue weighted by atomic mass is 10.1. The molecule has 20 heavy (non-hydrogen) atoms. The number of nitrogens with one attached hydrogen (secondary N) is 1. The monoisotopic (exact) mass is 270 g/mol. The van der Waals surface area contributed by atoms with Crippen molar-refractivity contribution in [1.29, 1.82) is 0 Å². The standard InChI is InChI=1S/C16H22N4/c1-12(2)20(11-14-7-5-9-17-14)16-15-8-4-3-6-13(15)10-18-19-16/h3-4,6,8,10,12,14,17H,5,7,9,11H2,1-2H3. The third-order valence-corrected chi connectivity index (χ3v) is 4.03. The largest absolute Gasteiger partial charge is 0.351 e. The average Bonchev–Trinajstić information content (AvgIpc) is 2.97. The minimum atomic E-state index is 0.414. The molecule has 0 aliphatic carbocycles. The van der Waals surface area contributed by atoms with Gasteiger partial charge in [-0.05, 0) is 33.2 Å². The molecule has 1 unspecified atom stereocenters. The molecule has 0 amide bonds. The maximum atomic E-state index is 4.42. The molecule has 2 aromatic rings. The minimum Gasteiger partial charge on any atom is -0.351 e. The van der Waals surface area contributed by atoms with Crippen molar-refractivity contribution in [3.8, 4) is 0 Å². The number of hydrogen-bond acceptors (Lipinski definition) is 4. The quantitative estimate of drug-likeness (QED) is 0.927. The molecule has 0 radical (unpaired) electrons. The van der Waals surface area contributed by atoms with Crippen LogP contribution in [0.2, 0.25) is 0 Å². The van der Waals surface area contributed by atoms with Gasteiger partial charge in [-0.15, -0.1) is 5.10 Å². The molecule has 0 saturated carbocycles. The molecule has 1 aliphatic rings. The van der Waals surface area contributed by atoms with Crippen LogP contribution in [0.1, 0.15) is 26.7 Å². The van der Waals surface area contributed by atoms with E-state index in [1.807, 2.05) is 12.3 Å². The fourth-order valence-electron chi connectivity index (χ4n) is 2.92. The van der Waals surface area contributed by atoms with Gasteiger partial charge in [-0.1, -0.05) is 24.3 Å². The Kier molecular flexibility index (Phi) is 3.83. The third kappa shape index (κ3) is 2.61. The van der Waals surface area contributed by atoms with Crippen molar-refractivity contribution in [2.45, 2.75) is 38.8 Å². The lowest BCUT2D eigenvalue weighted by Crippen LogP contribution is -2.42. The van der Waals surface area contributed by atoms with Crippen LogP contribution in [0.15, 0.2) is 30.5 Å². The van der Waals surface area contributed by atoms with E-state index in [4.69, 9.17) is 0 Å². The summed E-state index contributed by atoms with van der Waals surface area (Å²) in [5, 5.41) is 14.5. The predicted octanol–water partition coefficient (Wildman–Crippen LogP) is 2.60. The summed E-state index contributed by atoms with van der Waals surface area (Å²) in [6, 6.07) is 9.33. The van der Waals surface area contributed by atoms with Crippen LogP contribution in [-0.4, -0.2) is 35.4 Å². The van der Waals surface area contributed by atoms with Gasteiger partial charge in [0.05, 0.1) is 6.20 Å². The van der Waals surface area contributed by atoms with Crippen molar-refractivity contribution >= 4 is 16.6 Å². The predicted molar refractivity (Wildman–Crippen MR) is 83.0 cm³/mol. The van der Waals surface area contributed by atoms with Crippen LogP contribution >= 0.6 is 0 Å². The molecule has 1 fully saturated rings. The minimum absolute atomic E-state index is 0.414. The third-order valence-electron chi connectivity index (χ3n) is 4.03. The summed E-state index contributed by atoms with van der Waals surface area (Å²) >= 11 is 0. The number of fused-ring (bicyclic) bond motifs is 1. The second-order valence-electron chi connectivity index (χ2n) is 5.79. The summed E-state index contributed by atoms with van der Waals surface area (Å²) in [6.07, 6.45) is 4.37. The van der Waals surface area contributed by atoms with Crippen molar-refractivity contribution in [1.82, 2.24) is 15.5 Å². The van der Waals surface area contributed by atoms with Gasteiger partial charge in [0.2, 0.25) is 0 Å². The normalized spacial score (nSPS) is 18.9. The first-order valence-electron chi connectivity index (χ1n) is 7.46. The van der Waals surface area contributed by atoms with E-state index in [1.54, 1.807) is 0 Å². The summed E-state index contributed by atoms with van der Waals surface area (Å²) in [5.41, 5.74) is 0. The molecule has 0 bridgehead atoms. The fourth-order valence-corrected chi connectivity index (χ4v) is 2.92. The van der Waals surface area contributed by atoms with E-state index in [2.05, 4.69) is 52.5 Å². The van der Waals surface area contributed by atoms with E-state index < -0.39 is 0 Å². The Bertz CT molecular complexity index is 570. The number of nitrogens with zero attached hydrogens (tertiary/aromatic N) is 3. The molecule has 4 heteroatoms. The number of rotatable bonds is 4. The maximum absolute atomic E-state index is 4.42. The topological polar surface area (TPSA) is 41.0 Å². The van der Waals surface area contributed by atoms with E-state index in [-0.39, 0.29) is 0 Å². The average molecular weight is 270 g/mol. The Morgan fingerprint density at radius 1 is 1.35 bits per heavy atom. The van der Waals surface area contributed by atoms with Gasteiger partial charge in [-0.2, -0.15) is 5.10 Å². The van der Waals surface area contributed by atoms with Gasteiger partial charge < -0.3 is 10.2 Å². The highest BCUT2D eigenvalue weighted by molar-refractivity contribution is 5.91. The van der Waals surface area contributed by atoms with E-state index in [9.17, 15) is 0 Å². The van der Waals surface area contributed by atoms with Crippen LogP contribution in [-0.2, 0) is 0 Å². The van der Waals surface area contributed by atoms with E-state index in [0.717, 1.165) is 24.3 Å². The fraction of sp³-hybridized carbons (Fsp3) is 0.500. The van der Waals surface area contributed by atoms with Gasteiger partial charge in [0, 0.05) is 29.4 Å². The first-order valence-corrected chi connectivity index (χ1v) is 7.46. The first kappa shape index (κ1) is 13.3. The molecule has 1 aromatic carbocycles. The van der Waals surface area contributed by atoms with Crippen LogP contribution in [0.4, 0.5) is 5.82 Å². The number of aromatic nitrogens is 2. The Hall–Kier alpha value is -1.68. The van der Waals surface area contributed by atoms with E-state index in [0.29, 0.717) is 12.1 Å². The van der Waals surface area contributed by atoms with Crippen LogP contribution < -0.4 is 10.2 Å². The van der Waals surface area contributed by atoms with Gasteiger partial charge >= 0.3 is 0 Å². The van der Waals surface area contributed by atoms with Gasteiger partial charge in [-0.25, -0.2) is 0 Å². The van der Waals surface area contributed by atoms with Crippen LogP contribution in [0.25, 0.3) is 10.8 Å². The molecule has 106 valence electrons. The highest BCUT2D eigenvalue weighted by Crippen LogP contribution is 2.25. The number of hydrogen-bond donors (Lipinski definition) is 1. The van der Waals surface area contributed by atoms with Crippen LogP contribution in [0.3, 0.4) is 0 Å². The smallest absolute Gasteiger partial charge is 0.159 e. The van der Waals surface area contributed by atoms with Crippen molar-refractivity contribution in [3.05, 3.63) is 30.5 Å². The van der Waals surface area contributed by atoms with Crippen LogP contribution in [0, 0.1) is 0 Å².